The molecule has 0 heterocycles. The molecule has 0 unspecified atom stereocenters. The van der Waals surface area contributed by atoms with Crippen LogP contribution in [0.1, 0.15) is 33.6 Å². The number of nitrogens with two attached hydrogens (primary N) is 2. The summed E-state index contributed by atoms with van der Waals surface area (Å²) < 4.78 is 23.0. The van der Waals surface area contributed by atoms with Crippen LogP contribution in [0, 0.1) is 5.92 Å². The molecule has 0 aliphatic rings. The van der Waals surface area contributed by atoms with Crippen molar-refractivity contribution in [1.29, 1.82) is 0 Å². The summed E-state index contributed by atoms with van der Waals surface area (Å²) in [6, 6.07) is 4.78. The zero-order valence-corrected chi connectivity index (χ0v) is 13.3. The lowest BCUT2D eigenvalue weighted by molar-refractivity contribution is 0.486. The van der Waals surface area contributed by atoms with E-state index in [1.165, 1.54) is 6.07 Å². The third kappa shape index (κ3) is 4.38. The van der Waals surface area contributed by atoms with Crippen LogP contribution in [0.2, 0.25) is 0 Å². The van der Waals surface area contributed by atoms with Gasteiger partial charge in [0.05, 0.1) is 4.90 Å². The number of nitrogens with zero attached hydrogens (tertiary/aromatic N) is 1. The maximum atomic E-state index is 11.5. The highest BCUT2D eigenvalue weighted by molar-refractivity contribution is 7.89. The van der Waals surface area contributed by atoms with E-state index >= 15 is 0 Å². The molecule has 4 N–H and O–H groups in total. The van der Waals surface area contributed by atoms with Gasteiger partial charge in [0, 0.05) is 24.5 Å². The molecule has 0 saturated carbocycles. The summed E-state index contributed by atoms with van der Waals surface area (Å²) >= 11 is 0. The van der Waals surface area contributed by atoms with Crippen LogP contribution in [0.25, 0.3) is 0 Å². The first-order chi connectivity index (χ1) is 9.31. The van der Waals surface area contributed by atoms with E-state index in [0.717, 1.165) is 31.6 Å². The summed E-state index contributed by atoms with van der Waals surface area (Å²) in [5.74, 6) is 0.578. The summed E-state index contributed by atoms with van der Waals surface area (Å²) in [6.07, 6.45) is 2.19. The van der Waals surface area contributed by atoms with E-state index in [9.17, 15) is 8.42 Å². The number of nitrogen functional groups attached to an aromatic ring is 1. The van der Waals surface area contributed by atoms with Crippen LogP contribution >= 0.6 is 0 Å². The number of benzene rings is 1. The standard InChI is InChI=1S/C14H25N3O2S/c1-4-11(5-2)10-17(6-3)13-7-12(15)8-14(9-13)20(16,18)19/h7-9,11H,4-6,10,15H2,1-3H3,(H2,16,18,19). The van der Waals surface area contributed by atoms with E-state index in [1.807, 2.05) is 6.92 Å². The van der Waals surface area contributed by atoms with Crippen LogP contribution in [-0.4, -0.2) is 21.5 Å². The second kappa shape index (κ2) is 6.95. The average molecular weight is 299 g/mol. The van der Waals surface area contributed by atoms with Gasteiger partial charge in [0.15, 0.2) is 0 Å². The molecule has 0 aliphatic carbocycles. The molecular weight excluding hydrogens is 274 g/mol. The zero-order chi connectivity index (χ0) is 15.3. The molecule has 0 radical (unpaired) electrons. The molecule has 1 aromatic carbocycles. The molecule has 0 aliphatic heterocycles. The quantitative estimate of drug-likeness (QED) is 0.755. The van der Waals surface area contributed by atoms with Gasteiger partial charge in [0.25, 0.3) is 0 Å². The van der Waals surface area contributed by atoms with Gasteiger partial charge in [-0.25, -0.2) is 13.6 Å². The van der Waals surface area contributed by atoms with Crippen LogP contribution in [0.5, 0.6) is 0 Å². The molecule has 0 bridgehead atoms. The molecule has 114 valence electrons. The Labute approximate surface area is 122 Å². The SMILES string of the molecule is CCC(CC)CN(CC)c1cc(N)cc(S(N)(=O)=O)c1. The number of rotatable bonds is 7. The molecule has 1 rings (SSSR count). The normalized spacial score (nSPS) is 11.8. The van der Waals surface area contributed by atoms with Crippen molar-refractivity contribution in [3.05, 3.63) is 18.2 Å². The van der Waals surface area contributed by atoms with Crippen molar-refractivity contribution in [2.75, 3.05) is 23.7 Å². The van der Waals surface area contributed by atoms with Gasteiger partial charge >= 0.3 is 0 Å². The number of anilines is 2. The Morgan fingerprint density at radius 3 is 2.20 bits per heavy atom. The highest BCUT2D eigenvalue weighted by Crippen LogP contribution is 2.24. The summed E-state index contributed by atoms with van der Waals surface area (Å²) in [5.41, 5.74) is 7.02. The largest absolute Gasteiger partial charge is 0.399 e. The van der Waals surface area contributed by atoms with Gasteiger partial charge in [-0.2, -0.15) is 0 Å². The van der Waals surface area contributed by atoms with Crippen LogP contribution < -0.4 is 15.8 Å². The van der Waals surface area contributed by atoms with Crippen molar-refractivity contribution in [2.24, 2.45) is 11.1 Å². The Hall–Kier alpha value is -1.27. The van der Waals surface area contributed by atoms with Gasteiger partial charge in [-0.05, 0) is 31.0 Å². The van der Waals surface area contributed by atoms with Crippen LogP contribution in [-0.2, 0) is 10.0 Å². The van der Waals surface area contributed by atoms with Gasteiger partial charge in [0.2, 0.25) is 10.0 Å². The Bertz CT molecular complexity index is 539. The lowest BCUT2D eigenvalue weighted by Crippen LogP contribution is -2.29. The lowest BCUT2D eigenvalue weighted by atomic mass is 10.0. The van der Waals surface area contributed by atoms with Crippen molar-refractivity contribution >= 4 is 21.4 Å². The second-order valence-corrected chi connectivity index (χ2v) is 6.59. The van der Waals surface area contributed by atoms with Crippen molar-refractivity contribution in [3.63, 3.8) is 0 Å². The average Bonchev–Trinajstić information content (AvgIpc) is 2.38. The van der Waals surface area contributed by atoms with Crippen molar-refractivity contribution in [3.8, 4) is 0 Å². The van der Waals surface area contributed by atoms with Crippen molar-refractivity contribution in [2.45, 2.75) is 38.5 Å². The van der Waals surface area contributed by atoms with Crippen LogP contribution in [0.4, 0.5) is 11.4 Å². The van der Waals surface area contributed by atoms with Gasteiger partial charge < -0.3 is 10.6 Å². The van der Waals surface area contributed by atoms with Gasteiger partial charge in [-0.1, -0.05) is 26.7 Å². The first-order valence-corrected chi connectivity index (χ1v) is 8.54. The van der Waals surface area contributed by atoms with Crippen LogP contribution in [0.15, 0.2) is 23.1 Å². The molecule has 0 spiro atoms. The fourth-order valence-corrected chi connectivity index (χ4v) is 2.81. The van der Waals surface area contributed by atoms with E-state index in [4.69, 9.17) is 10.9 Å². The van der Waals surface area contributed by atoms with Gasteiger partial charge in [-0.3, -0.25) is 0 Å². The minimum atomic E-state index is -3.74. The number of sulfonamides is 1. The summed E-state index contributed by atoms with van der Waals surface area (Å²) in [4.78, 5) is 2.21. The third-order valence-electron chi connectivity index (χ3n) is 3.62. The molecule has 0 aromatic heterocycles. The van der Waals surface area contributed by atoms with E-state index < -0.39 is 10.0 Å². The number of primary sulfonamides is 1. The topological polar surface area (TPSA) is 89.4 Å². The van der Waals surface area contributed by atoms with Crippen LogP contribution in [0.3, 0.4) is 0 Å². The molecule has 1 aromatic rings. The van der Waals surface area contributed by atoms with E-state index in [2.05, 4.69) is 18.7 Å². The first kappa shape index (κ1) is 16.8. The number of hydrogen-bond donors (Lipinski definition) is 2. The highest BCUT2D eigenvalue weighted by Gasteiger charge is 2.15. The first-order valence-electron chi connectivity index (χ1n) is 7.00. The molecule has 0 atom stereocenters. The molecule has 0 fully saturated rings. The molecule has 5 nitrogen and oxygen atoms in total. The molecular formula is C14H25N3O2S. The fourth-order valence-electron chi connectivity index (χ4n) is 2.23. The van der Waals surface area contributed by atoms with Crippen molar-refractivity contribution < 1.29 is 8.42 Å². The predicted octanol–water partition coefficient (Wildman–Crippen LogP) is 2.18. The summed E-state index contributed by atoms with van der Waals surface area (Å²) in [7, 11) is -3.74. The van der Waals surface area contributed by atoms with E-state index in [1.54, 1.807) is 12.1 Å². The maximum absolute atomic E-state index is 11.5. The number of hydrogen-bond acceptors (Lipinski definition) is 4. The summed E-state index contributed by atoms with van der Waals surface area (Å²) in [5, 5.41) is 5.19. The van der Waals surface area contributed by atoms with E-state index in [-0.39, 0.29) is 4.90 Å². The fraction of sp³-hybridized carbons (Fsp3) is 0.571. The molecule has 6 heteroatoms. The van der Waals surface area contributed by atoms with Crippen molar-refractivity contribution in [1.82, 2.24) is 0 Å². The monoisotopic (exact) mass is 299 g/mol. The zero-order valence-electron chi connectivity index (χ0n) is 12.5. The third-order valence-corrected chi connectivity index (χ3v) is 4.52. The Kier molecular flexibility index (Phi) is 5.83. The van der Waals surface area contributed by atoms with Gasteiger partial charge in [-0.15, -0.1) is 0 Å². The minimum Gasteiger partial charge on any atom is -0.399 e. The maximum Gasteiger partial charge on any atom is 0.238 e. The smallest absolute Gasteiger partial charge is 0.238 e. The Balaban J connectivity index is 3.12. The predicted molar refractivity (Wildman–Crippen MR) is 84.2 cm³/mol. The minimum absolute atomic E-state index is 0.0653. The Morgan fingerprint density at radius 1 is 1.15 bits per heavy atom. The highest BCUT2D eigenvalue weighted by atomic mass is 32.2. The lowest BCUT2D eigenvalue weighted by Gasteiger charge is -2.28. The molecule has 0 amide bonds. The van der Waals surface area contributed by atoms with Gasteiger partial charge in [0.1, 0.15) is 0 Å². The molecule has 20 heavy (non-hydrogen) atoms. The summed E-state index contributed by atoms with van der Waals surface area (Å²) in [6.45, 7) is 8.05. The Morgan fingerprint density at radius 2 is 1.75 bits per heavy atom. The van der Waals surface area contributed by atoms with E-state index in [0.29, 0.717) is 11.6 Å². The second-order valence-electron chi connectivity index (χ2n) is 5.03. The molecule has 0 saturated heterocycles.